The molecule has 0 atom stereocenters. The third-order valence-electron chi connectivity index (χ3n) is 1.53. The lowest BCUT2D eigenvalue weighted by Gasteiger charge is -2.16. The molecule has 0 bridgehead atoms. The highest BCUT2D eigenvalue weighted by molar-refractivity contribution is 8.14. The Morgan fingerprint density at radius 3 is 2.81 bits per heavy atom. The number of amidine groups is 1. The molecule has 0 aromatic carbocycles. The second kappa shape index (κ2) is 6.09. The molecule has 0 aromatic rings. The summed E-state index contributed by atoms with van der Waals surface area (Å²) in [6.07, 6.45) is 1.78. The number of carbonyl (C=O) groups is 1. The van der Waals surface area contributed by atoms with E-state index in [0.29, 0.717) is 0 Å². The molecule has 9 heteroatoms. The quantitative estimate of drug-likeness (QED) is 0.812. The van der Waals surface area contributed by atoms with E-state index in [2.05, 4.69) is 15.5 Å². The largest absolute Gasteiger partial charge is 0.309 e. The van der Waals surface area contributed by atoms with Crippen molar-refractivity contribution in [3.63, 3.8) is 0 Å². The van der Waals surface area contributed by atoms with Crippen LogP contribution < -0.4 is 5.32 Å². The van der Waals surface area contributed by atoms with Crippen LogP contribution in [0, 0.1) is 0 Å². The number of rotatable bonds is 3. The van der Waals surface area contributed by atoms with Crippen molar-refractivity contribution in [2.24, 2.45) is 10.2 Å². The summed E-state index contributed by atoms with van der Waals surface area (Å²) in [5.74, 6) is -0.00136. The average molecular weight is 304 g/mol. The first-order chi connectivity index (χ1) is 7.52. The van der Waals surface area contributed by atoms with Crippen LogP contribution in [0.5, 0.6) is 0 Å². The van der Waals surface area contributed by atoms with Crippen molar-refractivity contribution in [1.82, 2.24) is 5.32 Å². The number of halogens is 3. The minimum absolute atomic E-state index is 0.0193. The Morgan fingerprint density at radius 2 is 2.25 bits per heavy atom. The zero-order valence-corrected chi connectivity index (χ0v) is 11.3. The number of thioether (sulfide) groups is 2. The Morgan fingerprint density at radius 1 is 1.56 bits per heavy atom. The summed E-state index contributed by atoms with van der Waals surface area (Å²) in [5, 5.41) is 9.80. The van der Waals surface area contributed by atoms with Gasteiger partial charge in [-0.2, -0.15) is 11.8 Å². The first-order valence-electron chi connectivity index (χ1n) is 4.04. The smallest absolute Gasteiger partial charge is 0.235 e. The molecule has 16 heavy (non-hydrogen) atoms. The topological polar surface area (TPSA) is 53.8 Å². The van der Waals surface area contributed by atoms with Gasteiger partial charge in [0.1, 0.15) is 11.1 Å². The molecule has 0 fully saturated rings. The van der Waals surface area contributed by atoms with E-state index in [1.54, 1.807) is 6.26 Å². The summed E-state index contributed by atoms with van der Waals surface area (Å²) in [7, 11) is 0. The van der Waals surface area contributed by atoms with Crippen LogP contribution >= 0.6 is 46.7 Å². The summed E-state index contributed by atoms with van der Waals surface area (Å²) in [5.41, 5.74) is 0. The van der Waals surface area contributed by atoms with Crippen LogP contribution in [0.25, 0.3) is 0 Å². The van der Waals surface area contributed by atoms with Crippen molar-refractivity contribution in [1.29, 1.82) is 0 Å². The van der Waals surface area contributed by atoms with Crippen LogP contribution in [0.3, 0.4) is 0 Å². The van der Waals surface area contributed by atoms with Crippen LogP contribution in [0.2, 0.25) is 0 Å². The van der Waals surface area contributed by atoms with Gasteiger partial charge in [0.25, 0.3) is 0 Å². The van der Waals surface area contributed by atoms with E-state index < -0.39 is 10.3 Å². The number of alkyl halides is 3. The van der Waals surface area contributed by atoms with Crippen LogP contribution in [0.15, 0.2) is 10.2 Å². The van der Waals surface area contributed by atoms with Gasteiger partial charge in [-0.1, -0.05) is 35.0 Å². The fraction of sp³-hybridized carbons (Fsp3) is 0.571. The monoisotopic (exact) mass is 303 g/mol. The highest BCUT2D eigenvalue weighted by atomic mass is 35.5. The van der Waals surface area contributed by atoms with E-state index in [-0.39, 0.29) is 22.5 Å². The normalized spacial score (nSPS) is 18.0. The van der Waals surface area contributed by atoms with Crippen LogP contribution in [-0.2, 0) is 4.79 Å². The SMILES string of the molecule is CSCC(=O)NC1=NN=C(SCF)C1(Cl)Cl. The van der Waals surface area contributed by atoms with Crippen LogP contribution in [0.4, 0.5) is 4.39 Å². The standard InChI is InChI=1S/C7H8Cl2FN3OS2/c1-15-2-4(14)11-5-7(8,9)6(13-12-5)16-3-10/h2-3H2,1H3,(H,11,12,14). The van der Waals surface area contributed by atoms with Gasteiger partial charge in [-0.15, -0.1) is 10.2 Å². The third-order valence-corrected chi connectivity index (χ3v) is 3.79. The molecule has 0 saturated carbocycles. The van der Waals surface area contributed by atoms with Crippen molar-refractivity contribution < 1.29 is 9.18 Å². The van der Waals surface area contributed by atoms with Crippen LogP contribution in [0.1, 0.15) is 0 Å². The highest BCUT2D eigenvalue weighted by Gasteiger charge is 2.42. The van der Waals surface area contributed by atoms with E-state index in [1.807, 2.05) is 0 Å². The highest BCUT2D eigenvalue weighted by Crippen LogP contribution is 2.34. The molecular formula is C7H8Cl2FN3OS2. The molecule has 0 aromatic heterocycles. The van der Waals surface area contributed by atoms with Gasteiger partial charge in [0.2, 0.25) is 10.2 Å². The van der Waals surface area contributed by atoms with Gasteiger partial charge in [0.15, 0.2) is 5.84 Å². The second-order valence-electron chi connectivity index (χ2n) is 2.66. The predicted octanol–water partition coefficient (Wildman–Crippen LogP) is 2.03. The molecule has 0 radical (unpaired) electrons. The molecule has 1 amide bonds. The molecule has 1 N–H and O–H groups in total. The number of carbonyl (C=O) groups excluding carboxylic acids is 1. The van der Waals surface area contributed by atoms with E-state index in [9.17, 15) is 9.18 Å². The molecule has 4 nitrogen and oxygen atoms in total. The summed E-state index contributed by atoms with van der Waals surface area (Å²) < 4.78 is 10.6. The maximum atomic E-state index is 12.1. The van der Waals surface area contributed by atoms with Crippen molar-refractivity contribution >= 4 is 63.5 Å². The molecular weight excluding hydrogens is 296 g/mol. The van der Waals surface area contributed by atoms with Crippen molar-refractivity contribution in [2.75, 3.05) is 18.0 Å². The summed E-state index contributed by atoms with van der Waals surface area (Å²) in [6, 6.07) is -0.707. The summed E-state index contributed by atoms with van der Waals surface area (Å²) in [6.45, 7) is 0. The molecule has 1 rings (SSSR count). The number of hydrogen-bond donors (Lipinski definition) is 1. The molecule has 0 aliphatic carbocycles. The Hall–Kier alpha value is 0.0200. The van der Waals surface area contributed by atoms with Gasteiger partial charge in [-0.05, 0) is 6.26 Å². The molecule has 1 heterocycles. The van der Waals surface area contributed by atoms with Gasteiger partial charge in [0, 0.05) is 0 Å². The zero-order valence-electron chi connectivity index (χ0n) is 8.17. The van der Waals surface area contributed by atoms with Gasteiger partial charge >= 0.3 is 0 Å². The lowest BCUT2D eigenvalue weighted by atomic mass is 10.4. The summed E-state index contributed by atoms with van der Waals surface area (Å²) in [4.78, 5) is 11.3. The average Bonchev–Trinajstić information content (AvgIpc) is 2.46. The third kappa shape index (κ3) is 3.26. The maximum absolute atomic E-state index is 12.1. The molecule has 90 valence electrons. The Labute approximate surface area is 110 Å². The molecule has 0 unspecified atom stereocenters. The second-order valence-corrected chi connectivity index (χ2v) is 5.75. The fourth-order valence-corrected chi connectivity index (χ4v) is 2.28. The minimum Gasteiger partial charge on any atom is -0.309 e. The molecule has 1 aliphatic rings. The maximum Gasteiger partial charge on any atom is 0.235 e. The van der Waals surface area contributed by atoms with Crippen LogP contribution in [-0.4, -0.2) is 39.1 Å². The van der Waals surface area contributed by atoms with Crippen molar-refractivity contribution in [2.45, 2.75) is 4.33 Å². The lowest BCUT2D eigenvalue weighted by molar-refractivity contribution is -0.117. The minimum atomic E-state index is -1.56. The lowest BCUT2D eigenvalue weighted by Crippen LogP contribution is -2.44. The zero-order chi connectivity index (χ0) is 12.2. The number of nitrogens with one attached hydrogen (secondary N) is 1. The predicted molar refractivity (Wildman–Crippen MR) is 69.4 cm³/mol. The van der Waals surface area contributed by atoms with Crippen molar-refractivity contribution in [3.8, 4) is 0 Å². The molecule has 0 saturated heterocycles. The van der Waals surface area contributed by atoms with Gasteiger partial charge in [-0.3, -0.25) is 4.79 Å². The number of amides is 1. The van der Waals surface area contributed by atoms with E-state index in [4.69, 9.17) is 23.2 Å². The molecule has 0 spiro atoms. The Balaban J connectivity index is 2.63. The van der Waals surface area contributed by atoms with E-state index in [1.165, 1.54) is 11.8 Å². The van der Waals surface area contributed by atoms with E-state index in [0.717, 1.165) is 11.8 Å². The Bertz CT molecular complexity index is 349. The van der Waals surface area contributed by atoms with Crippen molar-refractivity contribution in [3.05, 3.63) is 0 Å². The number of nitrogens with zero attached hydrogens (tertiary/aromatic N) is 2. The van der Waals surface area contributed by atoms with Gasteiger partial charge < -0.3 is 5.32 Å². The first kappa shape index (κ1) is 14.1. The first-order valence-corrected chi connectivity index (χ1v) is 7.18. The fourth-order valence-electron chi connectivity index (χ4n) is 0.896. The van der Waals surface area contributed by atoms with E-state index >= 15 is 0 Å². The Kier molecular flexibility index (Phi) is 5.36. The summed E-state index contributed by atoms with van der Waals surface area (Å²) >= 11 is 13.9. The van der Waals surface area contributed by atoms with Gasteiger partial charge in [0.05, 0.1) is 5.75 Å². The number of hydrogen-bond acceptors (Lipinski definition) is 5. The molecule has 1 aliphatic heterocycles. The van der Waals surface area contributed by atoms with Gasteiger partial charge in [-0.25, -0.2) is 4.39 Å².